The molecule has 25 heavy (non-hydrogen) atoms. The number of benzene rings is 1. The first-order chi connectivity index (χ1) is 12.0. The standard InChI is InChI=1S/C21H29N3O/c1-16(2)21-22-9-12-24(21)15-18-7-10-23(11-8-18)20(25)14-19-6-4-5-17(3)13-19/h4-6,9,12-13,16,18H,7-8,10-11,14-15H2,1-3H3. The lowest BCUT2D eigenvalue weighted by molar-refractivity contribution is -0.131. The molecule has 3 rings (SSSR count). The molecule has 4 heteroatoms. The molecule has 2 heterocycles. The average Bonchev–Trinajstić information content (AvgIpc) is 3.04. The molecule has 2 aromatic rings. The number of hydrogen-bond donors (Lipinski definition) is 0. The molecule has 0 N–H and O–H groups in total. The zero-order valence-electron chi connectivity index (χ0n) is 15.6. The molecule has 1 amide bonds. The van der Waals surface area contributed by atoms with Crippen LogP contribution in [0.5, 0.6) is 0 Å². The number of imidazole rings is 1. The van der Waals surface area contributed by atoms with Gasteiger partial charge < -0.3 is 9.47 Å². The van der Waals surface area contributed by atoms with Crippen molar-refractivity contribution in [2.75, 3.05) is 13.1 Å². The molecule has 0 bridgehead atoms. The Hall–Kier alpha value is -2.10. The molecule has 4 nitrogen and oxygen atoms in total. The van der Waals surface area contributed by atoms with Crippen molar-refractivity contribution in [3.63, 3.8) is 0 Å². The Morgan fingerprint density at radius 2 is 2.04 bits per heavy atom. The maximum atomic E-state index is 12.6. The van der Waals surface area contributed by atoms with Crippen molar-refractivity contribution in [2.45, 2.75) is 52.5 Å². The Morgan fingerprint density at radius 3 is 2.72 bits per heavy atom. The van der Waals surface area contributed by atoms with Crippen LogP contribution in [0, 0.1) is 12.8 Å². The predicted molar refractivity (Wildman–Crippen MR) is 101 cm³/mol. The van der Waals surface area contributed by atoms with E-state index in [9.17, 15) is 4.79 Å². The number of aromatic nitrogens is 2. The number of likely N-dealkylation sites (tertiary alicyclic amines) is 1. The third-order valence-electron chi connectivity index (χ3n) is 5.12. The zero-order valence-corrected chi connectivity index (χ0v) is 15.6. The number of carbonyl (C=O) groups excluding carboxylic acids is 1. The van der Waals surface area contributed by atoms with Gasteiger partial charge in [-0.3, -0.25) is 4.79 Å². The van der Waals surface area contributed by atoms with Crippen LogP contribution in [0.2, 0.25) is 0 Å². The maximum Gasteiger partial charge on any atom is 0.226 e. The number of amides is 1. The molecule has 134 valence electrons. The number of nitrogens with zero attached hydrogens (tertiary/aromatic N) is 3. The fourth-order valence-corrected chi connectivity index (χ4v) is 3.73. The number of carbonyl (C=O) groups is 1. The molecule has 0 atom stereocenters. The second kappa shape index (κ2) is 7.85. The highest BCUT2D eigenvalue weighted by Crippen LogP contribution is 2.22. The third kappa shape index (κ3) is 4.50. The first-order valence-corrected chi connectivity index (χ1v) is 9.37. The Bertz CT molecular complexity index is 711. The van der Waals surface area contributed by atoms with E-state index in [0.29, 0.717) is 18.3 Å². The van der Waals surface area contributed by atoms with E-state index in [1.165, 1.54) is 5.56 Å². The first-order valence-electron chi connectivity index (χ1n) is 9.37. The number of piperidine rings is 1. The largest absolute Gasteiger partial charge is 0.342 e. The Morgan fingerprint density at radius 1 is 1.28 bits per heavy atom. The molecule has 1 aliphatic heterocycles. The summed E-state index contributed by atoms with van der Waals surface area (Å²) in [7, 11) is 0. The normalized spacial score (nSPS) is 15.8. The smallest absolute Gasteiger partial charge is 0.226 e. The van der Waals surface area contributed by atoms with Crippen molar-refractivity contribution in [1.29, 1.82) is 0 Å². The van der Waals surface area contributed by atoms with Crippen molar-refractivity contribution < 1.29 is 4.79 Å². The van der Waals surface area contributed by atoms with Gasteiger partial charge in [0, 0.05) is 37.9 Å². The van der Waals surface area contributed by atoms with Crippen molar-refractivity contribution in [3.8, 4) is 0 Å². The highest BCUT2D eigenvalue weighted by molar-refractivity contribution is 5.78. The summed E-state index contributed by atoms with van der Waals surface area (Å²) in [6.45, 7) is 9.22. The summed E-state index contributed by atoms with van der Waals surface area (Å²) in [6.07, 6.45) is 6.66. The van der Waals surface area contributed by atoms with E-state index in [1.54, 1.807) is 0 Å². The Labute approximate surface area is 150 Å². The van der Waals surface area contributed by atoms with E-state index in [-0.39, 0.29) is 5.91 Å². The van der Waals surface area contributed by atoms with Gasteiger partial charge in [-0.25, -0.2) is 4.98 Å². The van der Waals surface area contributed by atoms with Crippen molar-refractivity contribution >= 4 is 5.91 Å². The zero-order chi connectivity index (χ0) is 17.8. The summed E-state index contributed by atoms with van der Waals surface area (Å²) in [5, 5.41) is 0. The van der Waals surface area contributed by atoms with Crippen LogP contribution in [-0.2, 0) is 17.8 Å². The van der Waals surface area contributed by atoms with Gasteiger partial charge in [0.05, 0.1) is 6.42 Å². The van der Waals surface area contributed by atoms with Gasteiger partial charge in [0.1, 0.15) is 5.82 Å². The molecular weight excluding hydrogens is 310 g/mol. The van der Waals surface area contributed by atoms with Crippen molar-refractivity contribution in [1.82, 2.24) is 14.5 Å². The van der Waals surface area contributed by atoms with Crippen LogP contribution in [0.3, 0.4) is 0 Å². The molecule has 1 aromatic heterocycles. The minimum atomic E-state index is 0.259. The van der Waals surface area contributed by atoms with Gasteiger partial charge in [0.2, 0.25) is 5.91 Å². The summed E-state index contributed by atoms with van der Waals surface area (Å²) in [6, 6.07) is 8.25. The van der Waals surface area contributed by atoms with Crippen LogP contribution in [-0.4, -0.2) is 33.4 Å². The van der Waals surface area contributed by atoms with Gasteiger partial charge in [-0.15, -0.1) is 0 Å². The summed E-state index contributed by atoms with van der Waals surface area (Å²) in [4.78, 5) is 19.1. The van der Waals surface area contributed by atoms with Gasteiger partial charge >= 0.3 is 0 Å². The van der Waals surface area contributed by atoms with E-state index in [4.69, 9.17) is 0 Å². The lowest BCUT2D eigenvalue weighted by Crippen LogP contribution is -2.40. The molecule has 0 unspecified atom stereocenters. The lowest BCUT2D eigenvalue weighted by Gasteiger charge is -2.32. The van der Waals surface area contributed by atoms with Gasteiger partial charge in [-0.2, -0.15) is 0 Å². The lowest BCUT2D eigenvalue weighted by atomic mass is 9.96. The first kappa shape index (κ1) is 17.7. The molecule has 1 saturated heterocycles. The topological polar surface area (TPSA) is 38.1 Å². The van der Waals surface area contributed by atoms with Crippen LogP contribution < -0.4 is 0 Å². The molecule has 0 saturated carbocycles. The van der Waals surface area contributed by atoms with Crippen LogP contribution in [0.25, 0.3) is 0 Å². The molecule has 1 fully saturated rings. The fraction of sp³-hybridized carbons (Fsp3) is 0.524. The van der Waals surface area contributed by atoms with Crippen LogP contribution >= 0.6 is 0 Å². The van der Waals surface area contributed by atoms with Gasteiger partial charge in [0.25, 0.3) is 0 Å². The fourth-order valence-electron chi connectivity index (χ4n) is 3.73. The molecule has 0 aliphatic carbocycles. The molecule has 0 spiro atoms. The molecule has 1 aliphatic rings. The van der Waals surface area contributed by atoms with Crippen LogP contribution in [0.1, 0.15) is 49.6 Å². The van der Waals surface area contributed by atoms with E-state index >= 15 is 0 Å². The monoisotopic (exact) mass is 339 g/mol. The quantitative estimate of drug-likeness (QED) is 0.831. The highest BCUT2D eigenvalue weighted by atomic mass is 16.2. The SMILES string of the molecule is Cc1cccc(CC(=O)N2CCC(Cn3ccnc3C(C)C)CC2)c1. The number of rotatable bonds is 5. The highest BCUT2D eigenvalue weighted by Gasteiger charge is 2.23. The molecule has 1 aromatic carbocycles. The predicted octanol–water partition coefficient (Wildman–Crippen LogP) is 3.80. The second-order valence-electron chi connectivity index (χ2n) is 7.58. The van der Waals surface area contributed by atoms with E-state index < -0.39 is 0 Å². The van der Waals surface area contributed by atoms with E-state index in [0.717, 1.165) is 43.9 Å². The number of hydrogen-bond acceptors (Lipinski definition) is 2. The van der Waals surface area contributed by atoms with Crippen LogP contribution in [0.4, 0.5) is 0 Å². The summed E-state index contributed by atoms with van der Waals surface area (Å²) in [5.74, 6) is 2.51. The summed E-state index contributed by atoms with van der Waals surface area (Å²) >= 11 is 0. The minimum Gasteiger partial charge on any atom is -0.342 e. The number of aryl methyl sites for hydroxylation is 1. The second-order valence-corrected chi connectivity index (χ2v) is 7.58. The minimum absolute atomic E-state index is 0.259. The summed E-state index contributed by atoms with van der Waals surface area (Å²) < 4.78 is 2.29. The Kier molecular flexibility index (Phi) is 5.57. The van der Waals surface area contributed by atoms with Gasteiger partial charge in [-0.05, 0) is 31.2 Å². The average molecular weight is 339 g/mol. The molecule has 0 radical (unpaired) electrons. The van der Waals surface area contributed by atoms with Crippen molar-refractivity contribution in [3.05, 3.63) is 53.6 Å². The van der Waals surface area contributed by atoms with Gasteiger partial charge in [-0.1, -0.05) is 43.7 Å². The van der Waals surface area contributed by atoms with E-state index in [1.807, 2.05) is 23.2 Å². The Balaban J connectivity index is 1.51. The maximum absolute atomic E-state index is 12.6. The third-order valence-corrected chi connectivity index (χ3v) is 5.12. The van der Waals surface area contributed by atoms with E-state index in [2.05, 4.69) is 48.7 Å². The molecular formula is C21H29N3O. The van der Waals surface area contributed by atoms with Crippen molar-refractivity contribution in [2.24, 2.45) is 5.92 Å². The van der Waals surface area contributed by atoms with Crippen LogP contribution in [0.15, 0.2) is 36.7 Å². The summed E-state index contributed by atoms with van der Waals surface area (Å²) in [5.41, 5.74) is 2.33. The van der Waals surface area contributed by atoms with Gasteiger partial charge in [0.15, 0.2) is 0 Å².